The maximum atomic E-state index is 13.1. The van der Waals surface area contributed by atoms with Crippen molar-refractivity contribution in [3.63, 3.8) is 0 Å². The van der Waals surface area contributed by atoms with Gasteiger partial charge in [-0.15, -0.1) is 11.3 Å². The van der Waals surface area contributed by atoms with Crippen molar-refractivity contribution in [1.29, 1.82) is 0 Å². The molecular formula is C23H20N4O3S. The van der Waals surface area contributed by atoms with Crippen molar-refractivity contribution in [3.05, 3.63) is 74.5 Å². The maximum Gasteiger partial charge on any atom is 0.442 e. The molecule has 3 heterocycles. The number of nitrogens with zero attached hydrogens (tertiary/aromatic N) is 4. The van der Waals surface area contributed by atoms with Crippen LogP contribution in [0, 0.1) is 13.8 Å². The first kappa shape index (κ1) is 19.4. The number of aryl methyl sites for hydroxylation is 2. The second kappa shape index (κ2) is 7.63. The molecule has 0 saturated heterocycles. The van der Waals surface area contributed by atoms with Gasteiger partial charge in [0.05, 0.1) is 10.7 Å². The van der Waals surface area contributed by atoms with E-state index in [1.807, 2.05) is 55.6 Å². The molecule has 0 atom stereocenters. The lowest BCUT2D eigenvalue weighted by Crippen LogP contribution is -2.34. The number of carbonyl (C=O) groups is 1. The fraction of sp³-hybridized carbons (Fsp3) is 0.217. The maximum absolute atomic E-state index is 13.1. The van der Waals surface area contributed by atoms with Gasteiger partial charge in [-0.3, -0.25) is 9.32 Å². The molecule has 0 saturated carbocycles. The molecule has 4 aromatic rings. The highest BCUT2D eigenvalue weighted by atomic mass is 32.1. The molecule has 0 fully saturated rings. The number of hydrogen-bond donors (Lipinski definition) is 0. The van der Waals surface area contributed by atoms with Crippen LogP contribution in [0.25, 0.3) is 22.6 Å². The Morgan fingerprint density at radius 3 is 2.81 bits per heavy atom. The van der Waals surface area contributed by atoms with E-state index in [1.54, 1.807) is 16.2 Å². The summed E-state index contributed by atoms with van der Waals surface area (Å²) in [5.74, 6) is -0.443. The number of amides is 1. The van der Waals surface area contributed by atoms with Gasteiger partial charge in [-0.2, -0.15) is 0 Å². The van der Waals surface area contributed by atoms with Crippen molar-refractivity contribution >= 4 is 22.9 Å². The Hall–Kier alpha value is -3.52. The van der Waals surface area contributed by atoms with E-state index < -0.39 is 5.76 Å². The summed E-state index contributed by atoms with van der Waals surface area (Å²) in [4.78, 5) is 31.7. The Morgan fingerprint density at radius 1 is 1.19 bits per heavy atom. The van der Waals surface area contributed by atoms with Crippen LogP contribution < -0.4 is 10.7 Å². The molecule has 2 aromatic carbocycles. The standard InChI is InChI=1S/C23H20N4O3S/c1-14-5-3-4-6-18(14)22-25-30-23(29)27(22)12-21(28)26-10-9-17-11-16(7-8-20(17)26)19-13-31-15(2)24-19/h3-8,11,13H,9-10,12H2,1-2H3. The number of carbonyl (C=O) groups excluding carboxylic acids is 1. The van der Waals surface area contributed by atoms with Crippen LogP contribution in [0.15, 0.2) is 57.2 Å². The number of hydrogen-bond acceptors (Lipinski definition) is 6. The predicted octanol–water partition coefficient (Wildman–Crippen LogP) is 3.83. The summed E-state index contributed by atoms with van der Waals surface area (Å²) in [6.07, 6.45) is 0.765. The van der Waals surface area contributed by atoms with Gasteiger partial charge in [-0.25, -0.2) is 14.3 Å². The minimum absolute atomic E-state index is 0.127. The van der Waals surface area contributed by atoms with Crippen LogP contribution in [0.5, 0.6) is 0 Å². The van der Waals surface area contributed by atoms with Crippen LogP contribution in [0.2, 0.25) is 0 Å². The highest BCUT2D eigenvalue weighted by molar-refractivity contribution is 7.09. The molecule has 5 rings (SSSR count). The summed E-state index contributed by atoms with van der Waals surface area (Å²) in [5, 5.41) is 6.98. The van der Waals surface area contributed by atoms with E-state index in [9.17, 15) is 9.59 Å². The highest BCUT2D eigenvalue weighted by Crippen LogP contribution is 2.33. The summed E-state index contributed by atoms with van der Waals surface area (Å²) < 4.78 is 6.19. The van der Waals surface area contributed by atoms with Crippen molar-refractivity contribution < 1.29 is 9.32 Å². The van der Waals surface area contributed by atoms with Gasteiger partial charge in [0.1, 0.15) is 6.54 Å². The highest BCUT2D eigenvalue weighted by Gasteiger charge is 2.27. The second-order valence-electron chi connectivity index (χ2n) is 7.56. The van der Waals surface area contributed by atoms with E-state index in [0.717, 1.165) is 45.1 Å². The Bertz CT molecular complexity index is 1350. The van der Waals surface area contributed by atoms with Crippen LogP contribution in [-0.2, 0) is 17.8 Å². The average Bonchev–Trinajstić information content (AvgIpc) is 3.47. The van der Waals surface area contributed by atoms with E-state index in [4.69, 9.17) is 4.52 Å². The monoisotopic (exact) mass is 432 g/mol. The first-order chi connectivity index (χ1) is 15.0. The van der Waals surface area contributed by atoms with Gasteiger partial charge in [0, 0.05) is 28.7 Å². The number of benzene rings is 2. The van der Waals surface area contributed by atoms with Crippen molar-refractivity contribution in [2.75, 3.05) is 11.4 Å². The second-order valence-corrected chi connectivity index (χ2v) is 8.63. The Labute approximate surface area is 182 Å². The molecule has 2 aromatic heterocycles. The van der Waals surface area contributed by atoms with Gasteiger partial charge in [0.15, 0.2) is 5.82 Å². The number of aromatic nitrogens is 3. The molecule has 0 aliphatic carbocycles. The van der Waals surface area contributed by atoms with Gasteiger partial charge in [-0.05, 0) is 43.5 Å². The molecule has 0 unspecified atom stereocenters. The molecule has 0 radical (unpaired) electrons. The number of fused-ring (bicyclic) bond motifs is 1. The van der Waals surface area contributed by atoms with Crippen LogP contribution in [0.1, 0.15) is 16.1 Å². The zero-order chi connectivity index (χ0) is 21.5. The quantitative estimate of drug-likeness (QED) is 0.490. The first-order valence-electron chi connectivity index (χ1n) is 9.99. The molecule has 0 N–H and O–H groups in total. The molecule has 7 nitrogen and oxygen atoms in total. The Kier molecular flexibility index (Phi) is 4.78. The van der Waals surface area contributed by atoms with Gasteiger partial charge < -0.3 is 4.90 Å². The molecule has 1 amide bonds. The van der Waals surface area contributed by atoms with E-state index in [-0.39, 0.29) is 12.5 Å². The summed E-state index contributed by atoms with van der Waals surface area (Å²) in [6.45, 7) is 4.37. The van der Waals surface area contributed by atoms with Crippen molar-refractivity contribution in [3.8, 4) is 22.6 Å². The Balaban J connectivity index is 1.42. The lowest BCUT2D eigenvalue weighted by atomic mass is 10.1. The summed E-state index contributed by atoms with van der Waals surface area (Å²) in [7, 11) is 0. The number of rotatable bonds is 4. The third-order valence-electron chi connectivity index (χ3n) is 5.56. The molecule has 1 aliphatic rings. The van der Waals surface area contributed by atoms with Gasteiger partial charge in [0.25, 0.3) is 0 Å². The van der Waals surface area contributed by atoms with E-state index in [0.29, 0.717) is 12.4 Å². The molecular weight excluding hydrogens is 412 g/mol. The molecule has 156 valence electrons. The number of thiazole rings is 1. The third kappa shape index (κ3) is 3.48. The van der Waals surface area contributed by atoms with Crippen molar-refractivity contribution in [1.82, 2.24) is 14.7 Å². The van der Waals surface area contributed by atoms with Crippen LogP contribution >= 0.6 is 11.3 Å². The van der Waals surface area contributed by atoms with Crippen LogP contribution in [0.3, 0.4) is 0 Å². The predicted molar refractivity (Wildman–Crippen MR) is 119 cm³/mol. The zero-order valence-electron chi connectivity index (χ0n) is 17.2. The average molecular weight is 433 g/mol. The topological polar surface area (TPSA) is 81.2 Å². The summed E-state index contributed by atoms with van der Waals surface area (Å²) in [5.41, 5.74) is 5.71. The van der Waals surface area contributed by atoms with Crippen LogP contribution in [-0.4, -0.2) is 27.2 Å². The SMILES string of the molecule is Cc1nc(-c2ccc3c(c2)CCN3C(=O)Cn2c(-c3ccccc3C)noc2=O)cs1. The normalized spacial score (nSPS) is 12.9. The summed E-state index contributed by atoms with van der Waals surface area (Å²) >= 11 is 1.62. The summed E-state index contributed by atoms with van der Waals surface area (Å²) in [6, 6.07) is 13.6. The van der Waals surface area contributed by atoms with Crippen LogP contribution in [0.4, 0.5) is 5.69 Å². The van der Waals surface area contributed by atoms with E-state index in [2.05, 4.69) is 16.2 Å². The smallest absolute Gasteiger partial charge is 0.310 e. The van der Waals surface area contributed by atoms with Crippen molar-refractivity contribution in [2.45, 2.75) is 26.8 Å². The van der Waals surface area contributed by atoms with Gasteiger partial charge >= 0.3 is 5.76 Å². The lowest BCUT2D eigenvalue weighted by molar-refractivity contribution is -0.119. The lowest BCUT2D eigenvalue weighted by Gasteiger charge is -2.18. The largest absolute Gasteiger partial charge is 0.442 e. The molecule has 8 heteroatoms. The minimum Gasteiger partial charge on any atom is -0.310 e. The Morgan fingerprint density at radius 2 is 2.03 bits per heavy atom. The first-order valence-corrected chi connectivity index (χ1v) is 10.9. The van der Waals surface area contributed by atoms with E-state index >= 15 is 0 Å². The fourth-order valence-electron chi connectivity index (χ4n) is 3.96. The van der Waals surface area contributed by atoms with Gasteiger partial charge in [0.2, 0.25) is 5.91 Å². The third-order valence-corrected chi connectivity index (χ3v) is 6.33. The molecule has 1 aliphatic heterocycles. The minimum atomic E-state index is -0.639. The zero-order valence-corrected chi connectivity index (χ0v) is 18.0. The van der Waals surface area contributed by atoms with Crippen molar-refractivity contribution in [2.24, 2.45) is 0 Å². The molecule has 0 spiro atoms. The number of anilines is 1. The molecule has 0 bridgehead atoms. The fourth-order valence-corrected chi connectivity index (χ4v) is 4.58. The van der Waals surface area contributed by atoms with E-state index in [1.165, 1.54) is 4.57 Å². The van der Waals surface area contributed by atoms with Gasteiger partial charge in [-0.1, -0.05) is 35.5 Å². The molecule has 31 heavy (non-hydrogen) atoms.